The highest BCUT2D eigenvalue weighted by Gasteiger charge is 2.35. The van der Waals surface area contributed by atoms with E-state index in [1.165, 1.54) is 4.90 Å². The first-order valence-electron chi connectivity index (χ1n) is 13.6. The zero-order valence-electron chi connectivity index (χ0n) is 23.0. The fourth-order valence-corrected chi connectivity index (χ4v) is 4.73. The number of rotatable bonds is 9. The second-order valence-electron chi connectivity index (χ2n) is 9.89. The number of hydrogen-bond donors (Lipinski definition) is 2. The Hall–Kier alpha value is -4.23. The normalized spacial score (nSPS) is 19.4. The number of benzene rings is 1. The Balaban J connectivity index is 1.31. The summed E-state index contributed by atoms with van der Waals surface area (Å²) >= 11 is 0. The Labute approximate surface area is 236 Å². The number of cyclic esters (lactones) is 1. The number of halogens is 2. The molecule has 0 aromatic heterocycles. The molecule has 14 heteroatoms. The van der Waals surface area contributed by atoms with E-state index in [9.17, 15) is 19.2 Å². The summed E-state index contributed by atoms with van der Waals surface area (Å²) in [5.41, 5.74) is 0.242. The molecule has 0 aliphatic carbocycles. The van der Waals surface area contributed by atoms with Gasteiger partial charge in [0.15, 0.2) is 11.6 Å². The maximum absolute atomic E-state index is 15.2. The van der Waals surface area contributed by atoms with E-state index in [4.69, 9.17) is 9.47 Å². The molecule has 4 rings (SSSR count). The van der Waals surface area contributed by atoms with Crippen LogP contribution < -0.4 is 20.4 Å². The van der Waals surface area contributed by atoms with Gasteiger partial charge in [0.1, 0.15) is 17.8 Å². The van der Waals surface area contributed by atoms with E-state index in [0.717, 1.165) is 17.0 Å². The Morgan fingerprint density at radius 2 is 1.88 bits per heavy atom. The van der Waals surface area contributed by atoms with Gasteiger partial charge in [-0.1, -0.05) is 13.0 Å². The van der Waals surface area contributed by atoms with E-state index >= 15 is 8.78 Å². The number of piperazine rings is 1. The van der Waals surface area contributed by atoms with E-state index in [1.807, 2.05) is 6.92 Å². The van der Waals surface area contributed by atoms with Crippen LogP contribution in [0.3, 0.4) is 0 Å². The third-order valence-electron chi connectivity index (χ3n) is 6.88. The van der Waals surface area contributed by atoms with Crippen molar-refractivity contribution in [3.8, 4) is 0 Å². The van der Waals surface area contributed by atoms with Crippen molar-refractivity contribution in [2.75, 3.05) is 62.2 Å². The van der Waals surface area contributed by atoms with Crippen LogP contribution in [0.5, 0.6) is 0 Å². The number of nitrogens with zero attached hydrogens (tertiary/aromatic N) is 4. The number of allylic oxidation sites excluding steroid dienone is 1. The molecule has 3 aliphatic rings. The Morgan fingerprint density at radius 1 is 1.17 bits per heavy atom. The molecule has 2 N–H and O–H groups in total. The zero-order chi connectivity index (χ0) is 29.5. The largest absolute Gasteiger partial charge is 0.450 e. The van der Waals surface area contributed by atoms with Crippen LogP contribution in [-0.4, -0.2) is 99.7 Å². The van der Waals surface area contributed by atoms with E-state index in [0.29, 0.717) is 18.4 Å². The van der Waals surface area contributed by atoms with Gasteiger partial charge in [0, 0.05) is 56.5 Å². The van der Waals surface area contributed by atoms with Gasteiger partial charge in [-0.05, 0) is 13.3 Å². The quantitative estimate of drug-likeness (QED) is 0.459. The SMILES string of the molecule is CCCOC(=O)NCC1CN(c2cc(F)c(N3CCN(C(=O)C(C)NC(=O)C4=CCC=NC4)CC3)c(F)c2)C(=O)O1. The van der Waals surface area contributed by atoms with E-state index in [-0.39, 0.29) is 75.6 Å². The number of hydrogen-bond acceptors (Lipinski definition) is 8. The predicted molar refractivity (Wildman–Crippen MR) is 146 cm³/mol. The molecule has 2 atom stereocenters. The van der Waals surface area contributed by atoms with Gasteiger partial charge in [-0.15, -0.1) is 0 Å². The first-order chi connectivity index (χ1) is 19.7. The molecule has 4 amide bonds. The lowest BCUT2D eigenvalue weighted by Crippen LogP contribution is -2.54. The standard InChI is InChI=1S/C27H34F2N6O6/c1-3-11-40-26(38)31-15-20-16-35(27(39)41-20)19-12-21(28)23(22(29)13-19)33-7-9-34(10-8-33)25(37)17(2)32-24(36)18-5-4-6-30-14-18/h5-6,12-13,17,20H,3-4,7-11,14-16H2,1-2H3,(H,31,38)(H,32,36). The molecule has 2 saturated heterocycles. The van der Waals surface area contributed by atoms with Crippen molar-refractivity contribution in [1.29, 1.82) is 0 Å². The average molecular weight is 577 g/mol. The highest BCUT2D eigenvalue weighted by molar-refractivity contribution is 5.98. The topological polar surface area (TPSA) is 133 Å². The van der Waals surface area contributed by atoms with Gasteiger partial charge < -0.3 is 29.9 Å². The second kappa shape index (κ2) is 13.4. The number of ether oxygens (including phenoxy) is 2. The number of amides is 4. The van der Waals surface area contributed by atoms with Gasteiger partial charge in [0.05, 0.1) is 31.9 Å². The molecule has 0 spiro atoms. The monoisotopic (exact) mass is 576 g/mol. The number of anilines is 2. The minimum atomic E-state index is -0.860. The zero-order valence-corrected chi connectivity index (χ0v) is 23.0. The lowest BCUT2D eigenvalue weighted by Gasteiger charge is -2.37. The molecule has 0 bridgehead atoms. The van der Waals surface area contributed by atoms with Gasteiger partial charge >= 0.3 is 12.2 Å². The molecule has 222 valence electrons. The van der Waals surface area contributed by atoms with Gasteiger partial charge in [-0.2, -0.15) is 0 Å². The van der Waals surface area contributed by atoms with Crippen LogP contribution in [0.4, 0.5) is 29.7 Å². The minimum Gasteiger partial charge on any atom is -0.450 e. The van der Waals surface area contributed by atoms with Crippen LogP contribution in [0.15, 0.2) is 28.8 Å². The van der Waals surface area contributed by atoms with Crippen molar-refractivity contribution in [2.24, 2.45) is 4.99 Å². The highest BCUT2D eigenvalue weighted by atomic mass is 19.1. The average Bonchev–Trinajstić information content (AvgIpc) is 3.35. The van der Waals surface area contributed by atoms with E-state index < -0.39 is 36.0 Å². The number of dihydropyridines is 1. The van der Waals surface area contributed by atoms with Crippen molar-refractivity contribution >= 4 is 41.6 Å². The van der Waals surface area contributed by atoms with Gasteiger partial charge in [0.2, 0.25) is 11.8 Å². The van der Waals surface area contributed by atoms with Crippen molar-refractivity contribution in [2.45, 2.75) is 38.8 Å². The molecule has 2 unspecified atom stereocenters. The van der Waals surface area contributed by atoms with Crippen molar-refractivity contribution in [3.63, 3.8) is 0 Å². The molecule has 3 heterocycles. The van der Waals surface area contributed by atoms with Gasteiger partial charge in [-0.25, -0.2) is 18.4 Å². The second-order valence-corrected chi connectivity index (χ2v) is 9.89. The Morgan fingerprint density at radius 3 is 2.51 bits per heavy atom. The van der Waals surface area contributed by atoms with Crippen LogP contribution in [0.2, 0.25) is 0 Å². The van der Waals surface area contributed by atoms with Crippen molar-refractivity contribution in [3.05, 3.63) is 35.4 Å². The van der Waals surface area contributed by atoms with Crippen LogP contribution in [0.25, 0.3) is 0 Å². The molecule has 3 aliphatic heterocycles. The molecular formula is C27H34F2N6O6. The maximum Gasteiger partial charge on any atom is 0.414 e. The lowest BCUT2D eigenvalue weighted by atomic mass is 10.1. The van der Waals surface area contributed by atoms with Crippen molar-refractivity contribution < 1.29 is 37.4 Å². The summed E-state index contributed by atoms with van der Waals surface area (Å²) in [7, 11) is 0. The van der Waals surface area contributed by atoms with E-state index in [1.54, 1.807) is 24.1 Å². The number of aliphatic imine (C=N–C) groups is 1. The summed E-state index contributed by atoms with van der Waals surface area (Å²) in [6, 6.07) is 1.35. The number of nitrogens with one attached hydrogen (secondary N) is 2. The Bertz CT molecular complexity index is 1210. The molecule has 41 heavy (non-hydrogen) atoms. The predicted octanol–water partition coefficient (Wildman–Crippen LogP) is 1.98. The third-order valence-corrected chi connectivity index (χ3v) is 6.88. The fraction of sp³-hybridized carbons (Fsp3) is 0.519. The van der Waals surface area contributed by atoms with Crippen LogP contribution in [-0.2, 0) is 19.1 Å². The number of carbonyl (C=O) groups is 4. The van der Waals surface area contributed by atoms with Crippen LogP contribution in [0.1, 0.15) is 26.7 Å². The van der Waals surface area contributed by atoms with E-state index in [2.05, 4.69) is 15.6 Å². The Kier molecular flexibility index (Phi) is 9.73. The first-order valence-corrected chi connectivity index (χ1v) is 13.6. The summed E-state index contributed by atoms with van der Waals surface area (Å²) in [4.78, 5) is 57.5. The van der Waals surface area contributed by atoms with Crippen molar-refractivity contribution in [1.82, 2.24) is 15.5 Å². The summed E-state index contributed by atoms with van der Waals surface area (Å²) in [6.07, 6.45) is 2.57. The fourth-order valence-electron chi connectivity index (χ4n) is 4.73. The van der Waals surface area contributed by atoms with Crippen LogP contribution >= 0.6 is 0 Å². The summed E-state index contributed by atoms with van der Waals surface area (Å²) in [5, 5.41) is 5.19. The summed E-state index contributed by atoms with van der Waals surface area (Å²) < 4.78 is 40.5. The first kappa shape index (κ1) is 29.7. The summed E-state index contributed by atoms with van der Waals surface area (Å²) in [6.45, 7) is 4.72. The smallest absolute Gasteiger partial charge is 0.414 e. The van der Waals surface area contributed by atoms with Gasteiger partial charge in [-0.3, -0.25) is 19.5 Å². The lowest BCUT2D eigenvalue weighted by molar-refractivity contribution is -0.135. The molecule has 12 nitrogen and oxygen atoms in total. The molecule has 1 aromatic rings. The molecule has 0 saturated carbocycles. The maximum atomic E-state index is 15.2. The summed E-state index contributed by atoms with van der Waals surface area (Å²) in [5.74, 6) is -2.35. The van der Waals surface area contributed by atoms with Gasteiger partial charge in [0.25, 0.3) is 0 Å². The minimum absolute atomic E-state index is 0.00839. The molecule has 2 fully saturated rings. The molecule has 1 aromatic carbocycles. The molecular weight excluding hydrogens is 542 g/mol. The number of carbonyl (C=O) groups excluding carboxylic acids is 4. The number of alkyl carbamates (subject to hydrolysis) is 1. The highest BCUT2D eigenvalue weighted by Crippen LogP contribution is 2.31. The molecule has 0 radical (unpaired) electrons. The third kappa shape index (κ3) is 7.30. The van der Waals surface area contributed by atoms with Crippen LogP contribution in [0, 0.1) is 11.6 Å².